The zero-order chi connectivity index (χ0) is 17.4. The predicted molar refractivity (Wildman–Crippen MR) is 101 cm³/mol. The van der Waals surface area contributed by atoms with Crippen molar-refractivity contribution < 1.29 is 17.9 Å². The van der Waals surface area contributed by atoms with Crippen LogP contribution in [0.4, 0.5) is 5.69 Å². The number of amides is 1. The number of benzene rings is 1. The molecular formula is C16H26ClN3O4S. The fourth-order valence-electron chi connectivity index (χ4n) is 2.55. The van der Waals surface area contributed by atoms with E-state index in [0.29, 0.717) is 44.1 Å². The van der Waals surface area contributed by atoms with E-state index in [2.05, 4.69) is 5.32 Å². The molecule has 1 saturated heterocycles. The third-order valence-electron chi connectivity index (χ3n) is 3.79. The molecule has 0 aliphatic carbocycles. The first-order valence-electron chi connectivity index (χ1n) is 8.22. The van der Waals surface area contributed by atoms with Gasteiger partial charge in [-0.25, -0.2) is 12.7 Å². The number of nitrogens with one attached hydrogen (secondary N) is 1. The Morgan fingerprint density at radius 3 is 2.44 bits per heavy atom. The molecule has 0 bridgehead atoms. The van der Waals surface area contributed by atoms with Gasteiger partial charge in [0.05, 0.1) is 5.75 Å². The summed E-state index contributed by atoms with van der Waals surface area (Å²) in [6.45, 7) is 2.09. The number of carbonyl (C=O) groups is 1. The molecule has 0 saturated carbocycles. The number of hydrogen-bond donors (Lipinski definition) is 2. The lowest BCUT2D eigenvalue weighted by atomic mass is 10.2. The SMILES string of the molecule is Cl.NCCOc1ccc(NC(=O)CCCS(=O)(=O)N2CCCC2)cc1. The Hall–Kier alpha value is -1.35. The highest BCUT2D eigenvalue weighted by Gasteiger charge is 2.24. The number of rotatable bonds is 9. The molecule has 1 aliphatic rings. The van der Waals surface area contributed by atoms with Crippen LogP contribution in [0.15, 0.2) is 24.3 Å². The lowest BCUT2D eigenvalue weighted by Gasteiger charge is -2.15. The molecule has 0 atom stereocenters. The standard InChI is InChI=1S/C16H25N3O4S.ClH/c17-9-12-23-15-7-5-14(6-8-15)18-16(20)4-3-13-24(21,22)19-10-1-2-11-19;/h5-8H,1-4,9-13,17H2,(H,18,20);1H. The van der Waals surface area contributed by atoms with Crippen molar-refractivity contribution in [3.05, 3.63) is 24.3 Å². The molecule has 0 aromatic heterocycles. The monoisotopic (exact) mass is 391 g/mol. The fraction of sp³-hybridized carbons (Fsp3) is 0.562. The molecule has 142 valence electrons. The predicted octanol–water partition coefficient (Wildman–Crippen LogP) is 1.59. The van der Waals surface area contributed by atoms with E-state index < -0.39 is 10.0 Å². The number of ether oxygens (including phenoxy) is 1. The molecule has 1 aromatic carbocycles. The minimum absolute atomic E-state index is 0. The first-order chi connectivity index (χ1) is 11.5. The van der Waals surface area contributed by atoms with Gasteiger partial charge in [0.2, 0.25) is 15.9 Å². The molecule has 0 spiro atoms. The van der Waals surface area contributed by atoms with Gasteiger partial charge < -0.3 is 15.8 Å². The number of carbonyl (C=O) groups excluding carboxylic acids is 1. The molecule has 0 unspecified atom stereocenters. The average molecular weight is 392 g/mol. The average Bonchev–Trinajstić information content (AvgIpc) is 3.09. The van der Waals surface area contributed by atoms with E-state index >= 15 is 0 Å². The summed E-state index contributed by atoms with van der Waals surface area (Å²) in [5.74, 6) is 0.518. The van der Waals surface area contributed by atoms with E-state index in [9.17, 15) is 13.2 Å². The molecule has 2 rings (SSSR count). The summed E-state index contributed by atoms with van der Waals surface area (Å²) in [5.41, 5.74) is 6.02. The number of nitrogens with zero attached hydrogens (tertiary/aromatic N) is 1. The number of nitrogens with two attached hydrogens (primary N) is 1. The fourth-order valence-corrected chi connectivity index (χ4v) is 4.13. The molecule has 7 nitrogen and oxygen atoms in total. The second kappa shape index (κ2) is 10.6. The topological polar surface area (TPSA) is 102 Å². The van der Waals surface area contributed by atoms with Crippen LogP contribution in [0.2, 0.25) is 0 Å². The number of anilines is 1. The Bertz CT molecular complexity index is 631. The Morgan fingerprint density at radius 1 is 1.20 bits per heavy atom. The third kappa shape index (κ3) is 7.19. The molecule has 1 amide bonds. The van der Waals surface area contributed by atoms with Gasteiger partial charge in [0.15, 0.2) is 0 Å². The van der Waals surface area contributed by atoms with Gasteiger partial charge in [-0.1, -0.05) is 0 Å². The number of hydrogen-bond acceptors (Lipinski definition) is 5. The van der Waals surface area contributed by atoms with Crippen LogP contribution in [0.5, 0.6) is 5.75 Å². The smallest absolute Gasteiger partial charge is 0.224 e. The highest BCUT2D eigenvalue weighted by atomic mass is 35.5. The van der Waals surface area contributed by atoms with Gasteiger partial charge in [0, 0.05) is 31.7 Å². The quantitative estimate of drug-likeness (QED) is 0.665. The van der Waals surface area contributed by atoms with Gasteiger partial charge in [-0.2, -0.15) is 0 Å². The Kier molecular flexibility index (Phi) is 9.20. The van der Waals surface area contributed by atoms with E-state index in [1.165, 1.54) is 4.31 Å². The summed E-state index contributed by atoms with van der Waals surface area (Å²) in [7, 11) is -3.22. The minimum atomic E-state index is -3.22. The van der Waals surface area contributed by atoms with Crippen LogP contribution in [-0.4, -0.2) is 50.6 Å². The van der Waals surface area contributed by atoms with E-state index in [1.807, 2.05) is 0 Å². The third-order valence-corrected chi connectivity index (χ3v) is 5.75. The summed E-state index contributed by atoms with van der Waals surface area (Å²) < 4.78 is 31.0. The van der Waals surface area contributed by atoms with Crippen molar-refractivity contribution in [3.8, 4) is 5.75 Å². The van der Waals surface area contributed by atoms with E-state index in [1.54, 1.807) is 24.3 Å². The van der Waals surface area contributed by atoms with Crippen molar-refractivity contribution in [1.82, 2.24) is 4.31 Å². The molecule has 3 N–H and O–H groups in total. The van der Waals surface area contributed by atoms with E-state index in [4.69, 9.17) is 10.5 Å². The zero-order valence-corrected chi connectivity index (χ0v) is 15.8. The largest absolute Gasteiger partial charge is 0.492 e. The van der Waals surface area contributed by atoms with Crippen LogP contribution in [0.1, 0.15) is 25.7 Å². The number of sulfonamides is 1. The summed E-state index contributed by atoms with van der Waals surface area (Å²) in [4.78, 5) is 11.9. The molecule has 25 heavy (non-hydrogen) atoms. The van der Waals surface area contributed by atoms with Gasteiger partial charge in [0.1, 0.15) is 12.4 Å². The minimum Gasteiger partial charge on any atom is -0.492 e. The van der Waals surface area contributed by atoms with Crippen molar-refractivity contribution in [1.29, 1.82) is 0 Å². The second-order valence-electron chi connectivity index (χ2n) is 5.74. The molecule has 9 heteroatoms. The maximum Gasteiger partial charge on any atom is 0.224 e. The molecule has 1 fully saturated rings. The summed E-state index contributed by atoms with van der Waals surface area (Å²) >= 11 is 0. The summed E-state index contributed by atoms with van der Waals surface area (Å²) in [5, 5.41) is 2.75. The normalized spacial score (nSPS) is 14.8. The van der Waals surface area contributed by atoms with Crippen LogP contribution in [0.25, 0.3) is 0 Å². The van der Waals surface area contributed by atoms with E-state index in [-0.39, 0.29) is 30.5 Å². The van der Waals surface area contributed by atoms with Gasteiger partial charge in [-0.05, 0) is 43.5 Å². The summed E-state index contributed by atoms with van der Waals surface area (Å²) in [6.07, 6.45) is 2.34. The van der Waals surface area contributed by atoms with Crippen LogP contribution in [0.3, 0.4) is 0 Å². The Labute approximate surface area is 155 Å². The summed E-state index contributed by atoms with van der Waals surface area (Å²) in [6, 6.07) is 6.99. The highest BCUT2D eigenvalue weighted by molar-refractivity contribution is 7.89. The molecule has 1 aliphatic heterocycles. The van der Waals surface area contributed by atoms with Gasteiger partial charge in [-0.15, -0.1) is 12.4 Å². The molecule has 1 heterocycles. The number of halogens is 1. The van der Waals surface area contributed by atoms with Crippen molar-refractivity contribution >= 4 is 34.0 Å². The maximum atomic E-state index is 12.1. The van der Waals surface area contributed by atoms with Crippen LogP contribution in [-0.2, 0) is 14.8 Å². The molecule has 0 radical (unpaired) electrons. The van der Waals surface area contributed by atoms with Gasteiger partial charge in [0.25, 0.3) is 0 Å². The first kappa shape index (κ1) is 21.7. The lowest BCUT2D eigenvalue weighted by molar-refractivity contribution is -0.116. The van der Waals surface area contributed by atoms with E-state index in [0.717, 1.165) is 12.8 Å². The van der Waals surface area contributed by atoms with Crippen LogP contribution >= 0.6 is 12.4 Å². The van der Waals surface area contributed by atoms with Crippen LogP contribution < -0.4 is 15.8 Å². The van der Waals surface area contributed by atoms with Crippen molar-refractivity contribution in [3.63, 3.8) is 0 Å². The lowest BCUT2D eigenvalue weighted by Crippen LogP contribution is -2.30. The van der Waals surface area contributed by atoms with Crippen molar-refractivity contribution in [2.45, 2.75) is 25.7 Å². The van der Waals surface area contributed by atoms with Crippen molar-refractivity contribution in [2.24, 2.45) is 5.73 Å². The molecule has 1 aromatic rings. The van der Waals surface area contributed by atoms with Crippen molar-refractivity contribution in [2.75, 3.05) is 37.3 Å². The Balaban J connectivity index is 0.00000312. The first-order valence-corrected chi connectivity index (χ1v) is 9.83. The second-order valence-corrected chi connectivity index (χ2v) is 7.82. The molecular weight excluding hydrogens is 366 g/mol. The van der Waals surface area contributed by atoms with Crippen LogP contribution in [0, 0.1) is 0 Å². The highest BCUT2D eigenvalue weighted by Crippen LogP contribution is 2.17. The van der Waals surface area contributed by atoms with Gasteiger partial charge >= 0.3 is 0 Å². The maximum absolute atomic E-state index is 12.1. The zero-order valence-electron chi connectivity index (χ0n) is 14.1. The Morgan fingerprint density at radius 2 is 1.84 bits per heavy atom. The van der Waals surface area contributed by atoms with Gasteiger partial charge in [-0.3, -0.25) is 4.79 Å².